The highest BCUT2D eigenvalue weighted by molar-refractivity contribution is 7.10. The van der Waals surface area contributed by atoms with E-state index >= 15 is 0 Å². The van der Waals surface area contributed by atoms with Crippen LogP contribution in [0.3, 0.4) is 0 Å². The van der Waals surface area contributed by atoms with Gasteiger partial charge in [0.15, 0.2) is 0 Å². The number of amides is 2. The minimum atomic E-state index is -0.437. The molecule has 1 aromatic rings. The molecule has 0 spiro atoms. The Balaban J connectivity index is 2.43. The zero-order chi connectivity index (χ0) is 18.2. The second kappa shape index (κ2) is 9.42. The van der Waals surface area contributed by atoms with Crippen LogP contribution in [-0.2, 0) is 19.1 Å². The first-order chi connectivity index (χ1) is 11.2. The molecule has 1 rings (SSSR count). The van der Waals surface area contributed by atoms with Crippen molar-refractivity contribution in [3.63, 3.8) is 0 Å². The third-order valence-corrected chi connectivity index (χ3v) is 4.35. The molecule has 0 saturated heterocycles. The summed E-state index contributed by atoms with van der Waals surface area (Å²) < 4.78 is 4.68. The molecule has 134 valence electrons. The molecule has 1 atom stereocenters. The lowest BCUT2D eigenvalue weighted by Gasteiger charge is -2.18. The van der Waals surface area contributed by atoms with Crippen molar-refractivity contribution < 1.29 is 19.1 Å². The molecule has 6 nitrogen and oxygen atoms in total. The number of carbonyl (C=O) groups is 3. The van der Waals surface area contributed by atoms with Gasteiger partial charge in [-0.2, -0.15) is 0 Å². The van der Waals surface area contributed by atoms with Gasteiger partial charge < -0.3 is 15.4 Å². The SMILES string of the molecule is COC(=O)CC(NC(=O)CCCNC(=O)C(C)(C)C)c1cccs1. The second-order valence-electron chi connectivity index (χ2n) is 6.53. The molecule has 0 aliphatic carbocycles. The highest BCUT2D eigenvalue weighted by Crippen LogP contribution is 2.22. The first kappa shape index (κ1) is 20.2. The molecule has 0 saturated carbocycles. The number of hydrogen-bond donors (Lipinski definition) is 2. The molecule has 0 aliphatic rings. The van der Waals surface area contributed by atoms with Crippen molar-refractivity contribution in [1.29, 1.82) is 0 Å². The molecule has 0 bridgehead atoms. The Morgan fingerprint density at radius 2 is 2.00 bits per heavy atom. The topological polar surface area (TPSA) is 84.5 Å². The van der Waals surface area contributed by atoms with Crippen LogP contribution >= 0.6 is 11.3 Å². The Bertz CT molecular complexity index is 549. The number of hydrogen-bond acceptors (Lipinski definition) is 5. The van der Waals surface area contributed by atoms with Gasteiger partial charge in [-0.15, -0.1) is 11.3 Å². The fourth-order valence-electron chi connectivity index (χ4n) is 1.94. The van der Waals surface area contributed by atoms with Crippen LogP contribution in [0.2, 0.25) is 0 Å². The lowest BCUT2D eigenvalue weighted by molar-refractivity contribution is -0.141. The molecule has 2 N–H and O–H groups in total. The normalized spacial score (nSPS) is 12.3. The maximum atomic E-state index is 12.1. The fourth-order valence-corrected chi connectivity index (χ4v) is 2.72. The zero-order valence-electron chi connectivity index (χ0n) is 14.7. The maximum Gasteiger partial charge on any atom is 0.307 e. The van der Waals surface area contributed by atoms with E-state index < -0.39 is 5.41 Å². The van der Waals surface area contributed by atoms with Crippen LogP contribution in [0.1, 0.15) is 51.0 Å². The van der Waals surface area contributed by atoms with Crippen molar-refractivity contribution in [2.24, 2.45) is 5.41 Å². The highest BCUT2D eigenvalue weighted by Gasteiger charge is 2.21. The summed E-state index contributed by atoms with van der Waals surface area (Å²) in [5.74, 6) is -0.557. The fraction of sp³-hybridized carbons (Fsp3) is 0.588. The zero-order valence-corrected chi connectivity index (χ0v) is 15.5. The van der Waals surface area contributed by atoms with Crippen LogP contribution in [-0.4, -0.2) is 31.4 Å². The Morgan fingerprint density at radius 3 is 2.54 bits per heavy atom. The van der Waals surface area contributed by atoms with Crippen LogP contribution in [0.4, 0.5) is 0 Å². The van der Waals surface area contributed by atoms with E-state index in [1.165, 1.54) is 18.4 Å². The molecular weight excluding hydrogens is 328 g/mol. The minimum Gasteiger partial charge on any atom is -0.469 e. The van der Waals surface area contributed by atoms with Crippen molar-refractivity contribution in [2.45, 2.75) is 46.1 Å². The van der Waals surface area contributed by atoms with Gasteiger partial charge in [-0.3, -0.25) is 14.4 Å². The van der Waals surface area contributed by atoms with Gasteiger partial charge in [0, 0.05) is 23.3 Å². The van der Waals surface area contributed by atoms with Crippen LogP contribution in [0, 0.1) is 5.41 Å². The van der Waals surface area contributed by atoms with Crippen molar-refractivity contribution in [1.82, 2.24) is 10.6 Å². The van der Waals surface area contributed by atoms with E-state index in [2.05, 4.69) is 15.4 Å². The molecule has 0 radical (unpaired) electrons. The lowest BCUT2D eigenvalue weighted by atomic mass is 9.96. The van der Waals surface area contributed by atoms with E-state index in [4.69, 9.17) is 0 Å². The second-order valence-corrected chi connectivity index (χ2v) is 7.50. The van der Waals surface area contributed by atoms with E-state index in [1.807, 2.05) is 38.3 Å². The summed E-state index contributed by atoms with van der Waals surface area (Å²) in [6, 6.07) is 3.37. The van der Waals surface area contributed by atoms with Gasteiger partial charge in [0.1, 0.15) is 0 Å². The van der Waals surface area contributed by atoms with Gasteiger partial charge in [-0.25, -0.2) is 0 Å². The number of rotatable bonds is 8. The molecule has 0 aromatic carbocycles. The summed E-state index contributed by atoms with van der Waals surface area (Å²) in [5, 5.41) is 7.57. The molecule has 1 aromatic heterocycles. The predicted octanol–water partition coefficient (Wildman–Crippen LogP) is 2.41. The van der Waals surface area contributed by atoms with Gasteiger partial charge in [-0.05, 0) is 17.9 Å². The van der Waals surface area contributed by atoms with Crippen molar-refractivity contribution in [3.8, 4) is 0 Å². The quantitative estimate of drug-likeness (QED) is 0.555. The summed E-state index contributed by atoms with van der Waals surface area (Å²) in [5.41, 5.74) is -0.437. The first-order valence-electron chi connectivity index (χ1n) is 7.92. The van der Waals surface area contributed by atoms with Crippen molar-refractivity contribution in [3.05, 3.63) is 22.4 Å². The molecule has 24 heavy (non-hydrogen) atoms. The summed E-state index contributed by atoms with van der Waals surface area (Å²) in [7, 11) is 1.33. The Hall–Kier alpha value is -1.89. The summed E-state index contributed by atoms with van der Waals surface area (Å²) in [6.07, 6.45) is 0.931. The van der Waals surface area contributed by atoms with E-state index in [-0.39, 0.29) is 36.7 Å². The molecule has 0 aliphatic heterocycles. The van der Waals surface area contributed by atoms with Crippen LogP contribution in [0.25, 0.3) is 0 Å². The largest absolute Gasteiger partial charge is 0.469 e. The van der Waals surface area contributed by atoms with Gasteiger partial charge in [0.05, 0.1) is 19.6 Å². The van der Waals surface area contributed by atoms with Gasteiger partial charge >= 0.3 is 5.97 Å². The smallest absolute Gasteiger partial charge is 0.307 e. The number of esters is 1. The molecule has 7 heteroatoms. The summed E-state index contributed by atoms with van der Waals surface area (Å²) >= 11 is 1.48. The number of carbonyl (C=O) groups excluding carboxylic acids is 3. The van der Waals surface area contributed by atoms with Crippen LogP contribution < -0.4 is 10.6 Å². The van der Waals surface area contributed by atoms with E-state index in [0.29, 0.717) is 13.0 Å². The Kier molecular flexibility index (Phi) is 7.91. The Morgan fingerprint density at radius 1 is 1.29 bits per heavy atom. The molecule has 2 amide bonds. The van der Waals surface area contributed by atoms with Crippen molar-refractivity contribution in [2.75, 3.05) is 13.7 Å². The molecule has 1 heterocycles. The molecular formula is C17H26N2O4S. The van der Waals surface area contributed by atoms with Gasteiger partial charge in [0.2, 0.25) is 11.8 Å². The first-order valence-corrected chi connectivity index (χ1v) is 8.80. The number of nitrogens with one attached hydrogen (secondary N) is 2. The number of thiophene rings is 1. The minimum absolute atomic E-state index is 0.0370. The number of methoxy groups -OCH3 is 1. The van der Waals surface area contributed by atoms with Crippen LogP contribution in [0.5, 0.6) is 0 Å². The lowest BCUT2D eigenvalue weighted by Crippen LogP contribution is -2.36. The third-order valence-electron chi connectivity index (χ3n) is 3.37. The third kappa shape index (κ3) is 7.12. The summed E-state index contributed by atoms with van der Waals surface area (Å²) in [4.78, 5) is 36.2. The van der Waals surface area contributed by atoms with E-state index in [0.717, 1.165) is 4.88 Å². The predicted molar refractivity (Wildman–Crippen MR) is 93.5 cm³/mol. The average Bonchev–Trinajstić information content (AvgIpc) is 3.03. The summed E-state index contributed by atoms with van der Waals surface area (Å²) in [6.45, 7) is 5.97. The van der Waals surface area contributed by atoms with Crippen LogP contribution in [0.15, 0.2) is 17.5 Å². The standard InChI is InChI=1S/C17H26N2O4S/c1-17(2,3)16(22)18-9-5-8-14(20)19-12(11-15(21)23-4)13-7-6-10-24-13/h6-7,10,12H,5,8-9,11H2,1-4H3,(H,18,22)(H,19,20). The van der Waals surface area contributed by atoms with Gasteiger partial charge in [-0.1, -0.05) is 26.8 Å². The van der Waals surface area contributed by atoms with Crippen molar-refractivity contribution >= 4 is 29.1 Å². The highest BCUT2D eigenvalue weighted by atomic mass is 32.1. The number of ether oxygens (including phenoxy) is 1. The molecule has 0 fully saturated rings. The molecule has 1 unspecified atom stereocenters. The van der Waals surface area contributed by atoms with E-state index in [1.54, 1.807) is 0 Å². The monoisotopic (exact) mass is 354 g/mol. The van der Waals surface area contributed by atoms with E-state index in [9.17, 15) is 14.4 Å². The average molecular weight is 354 g/mol. The van der Waals surface area contributed by atoms with Gasteiger partial charge in [0.25, 0.3) is 0 Å². The maximum absolute atomic E-state index is 12.1. The Labute approximate surface area is 147 Å².